The molecule has 1 saturated heterocycles. The van der Waals surface area contributed by atoms with Crippen LogP contribution in [0.3, 0.4) is 0 Å². The molecule has 1 aromatic carbocycles. The van der Waals surface area contributed by atoms with Gasteiger partial charge in [0.15, 0.2) is 0 Å². The monoisotopic (exact) mass is 289 g/mol. The predicted molar refractivity (Wildman–Crippen MR) is 90.4 cm³/mol. The molecule has 21 heavy (non-hydrogen) atoms. The van der Waals surface area contributed by atoms with Crippen LogP contribution in [0, 0.1) is 5.92 Å². The number of nitrogens with two attached hydrogens (primary N) is 1. The standard InChI is InChI=1S/C18H31N3/c1-14(2)11-16-5-7-17(8-6-16)18(19)13-21-10-9-20(4)15(3)12-21/h5-8,14-15,18H,9-13,19H2,1-4H3. The summed E-state index contributed by atoms with van der Waals surface area (Å²) in [5, 5.41) is 0. The maximum atomic E-state index is 6.40. The van der Waals surface area contributed by atoms with Crippen LogP contribution in [-0.4, -0.2) is 49.1 Å². The maximum absolute atomic E-state index is 6.40. The van der Waals surface area contributed by atoms with E-state index >= 15 is 0 Å². The lowest BCUT2D eigenvalue weighted by atomic mass is 9.99. The van der Waals surface area contributed by atoms with Crippen molar-refractivity contribution in [2.75, 3.05) is 33.2 Å². The number of benzene rings is 1. The zero-order valence-corrected chi connectivity index (χ0v) is 14.0. The second-order valence-electron chi connectivity index (χ2n) is 7.04. The van der Waals surface area contributed by atoms with Gasteiger partial charge in [0.25, 0.3) is 0 Å². The molecule has 1 fully saturated rings. The number of nitrogens with zero attached hydrogens (tertiary/aromatic N) is 2. The average Bonchev–Trinajstić information content (AvgIpc) is 2.43. The minimum absolute atomic E-state index is 0.119. The fourth-order valence-corrected chi connectivity index (χ4v) is 3.05. The van der Waals surface area contributed by atoms with Crippen LogP contribution in [0.25, 0.3) is 0 Å². The summed E-state index contributed by atoms with van der Waals surface area (Å²) >= 11 is 0. The molecule has 118 valence electrons. The van der Waals surface area contributed by atoms with E-state index < -0.39 is 0 Å². The molecule has 1 aliphatic rings. The highest BCUT2D eigenvalue weighted by Gasteiger charge is 2.22. The molecule has 0 saturated carbocycles. The van der Waals surface area contributed by atoms with Crippen molar-refractivity contribution in [2.24, 2.45) is 11.7 Å². The lowest BCUT2D eigenvalue weighted by Gasteiger charge is -2.38. The SMILES string of the molecule is CC(C)Cc1ccc(C(N)CN2CCN(C)C(C)C2)cc1. The van der Waals surface area contributed by atoms with E-state index in [1.165, 1.54) is 11.1 Å². The molecular weight excluding hydrogens is 258 g/mol. The van der Waals surface area contributed by atoms with Gasteiger partial charge >= 0.3 is 0 Å². The molecule has 0 radical (unpaired) electrons. The van der Waals surface area contributed by atoms with Crippen LogP contribution in [-0.2, 0) is 6.42 Å². The van der Waals surface area contributed by atoms with Crippen molar-refractivity contribution in [2.45, 2.75) is 39.3 Å². The summed E-state index contributed by atoms with van der Waals surface area (Å²) < 4.78 is 0. The van der Waals surface area contributed by atoms with Gasteiger partial charge in [-0.25, -0.2) is 0 Å². The van der Waals surface area contributed by atoms with Gasteiger partial charge in [-0.15, -0.1) is 0 Å². The summed E-state index contributed by atoms with van der Waals surface area (Å²) in [4.78, 5) is 4.92. The van der Waals surface area contributed by atoms with Crippen LogP contribution in [0.1, 0.15) is 37.9 Å². The Kier molecular flexibility index (Phi) is 5.80. The molecule has 2 rings (SSSR count). The maximum Gasteiger partial charge on any atom is 0.0424 e. The highest BCUT2D eigenvalue weighted by molar-refractivity contribution is 5.25. The molecule has 1 aliphatic heterocycles. The molecule has 3 nitrogen and oxygen atoms in total. The topological polar surface area (TPSA) is 32.5 Å². The van der Waals surface area contributed by atoms with Crippen LogP contribution >= 0.6 is 0 Å². The number of rotatable bonds is 5. The third-order valence-electron chi connectivity index (χ3n) is 4.55. The van der Waals surface area contributed by atoms with Crippen LogP contribution in [0.15, 0.2) is 24.3 Å². The summed E-state index contributed by atoms with van der Waals surface area (Å²) in [6, 6.07) is 9.64. The van der Waals surface area contributed by atoms with Crippen molar-refractivity contribution in [3.05, 3.63) is 35.4 Å². The molecule has 2 N–H and O–H groups in total. The van der Waals surface area contributed by atoms with E-state index in [0.717, 1.165) is 32.6 Å². The normalized spacial score (nSPS) is 22.7. The van der Waals surface area contributed by atoms with Crippen LogP contribution < -0.4 is 5.73 Å². The molecule has 2 atom stereocenters. The van der Waals surface area contributed by atoms with Crippen molar-refractivity contribution in [1.82, 2.24) is 9.80 Å². The summed E-state index contributed by atoms with van der Waals surface area (Å²) in [5.74, 6) is 0.705. The van der Waals surface area contributed by atoms with Gasteiger partial charge in [0.05, 0.1) is 0 Å². The van der Waals surface area contributed by atoms with Gasteiger partial charge in [-0.3, -0.25) is 4.90 Å². The molecule has 0 spiro atoms. The molecule has 0 aliphatic carbocycles. The number of hydrogen-bond donors (Lipinski definition) is 1. The smallest absolute Gasteiger partial charge is 0.0424 e. The summed E-state index contributed by atoms with van der Waals surface area (Å²) in [5.41, 5.74) is 9.07. The van der Waals surface area contributed by atoms with E-state index in [1.54, 1.807) is 0 Å². The Bertz CT molecular complexity index is 427. The van der Waals surface area contributed by atoms with Crippen molar-refractivity contribution < 1.29 is 0 Å². The van der Waals surface area contributed by atoms with Crippen molar-refractivity contribution >= 4 is 0 Å². The third kappa shape index (κ3) is 4.80. The van der Waals surface area contributed by atoms with Gasteiger partial charge < -0.3 is 10.6 Å². The minimum atomic E-state index is 0.119. The molecule has 2 unspecified atom stereocenters. The first-order valence-corrected chi connectivity index (χ1v) is 8.22. The number of piperazine rings is 1. The van der Waals surface area contributed by atoms with Gasteiger partial charge in [0.2, 0.25) is 0 Å². The fourth-order valence-electron chi connectivity index (χ4n) is 3.05. The highest BCUT2D eigenvalue weighted by atomic mass is 15.3. The second-order valence-corrected chi connectivity index (χ2v) is 7.04. The molecule has 1 aromatic rings. The van der Waals surface area contributed by atoms with Crippen LogP contribution in [0.5, 0.6) is 0 Å². The van der Waals surface area contributed by atoms with Crippen molar-refractivity contribution in [3.8, 4) is 0 Å². The van der Waals surface area contributed by atoms with E-state index in [0.29, 0.717) is 12.0 Å². The van der Waals surface area contributed by atoms with E-state index in [-0.39, 0.29) is 6.04 Å². The Morgan fingerprint density at radius 1 is 1.19 bits per heavy atom. The predicted octanol–water partition coefficient (Wildman–Crippen LogP) is 2.52. The largest absolute Gasteiger partial charge is 0.323 e. The molecule has 3 heteroatoms. The Hall–Kier alpha value is -0.900. The highest BCUT2D eigenvalue weighted by Crippen LogP contribution is 2.17. The molecule has 0 aromatic heterocycles. The molecule has 0 amide bonds. The first-order chi connectivity index (χ1) is 9.95. The van der Waals surface area contributed by atoms with E-state index in [2.05, 4.69) is 61.9 Å². The van der Waals surface area contributed by atoms with Gasteiger partial charge in [-0.2, -0.15) is 0 Å². The van der Waals surface area contributed by atoms with E-state index in [9.17, 15) is 0 Å². The summed E-state index contributed by atoms with van der Waals surface area (Å²) in [7, 11) is 2.20. The first-order valence-electron chi connectivity index (χ1n) is 8.22. The average molecular weight is 289 g/mol. The minimum Gasteiger partial charge on any atom is -0.323 e. The Morgan fingerprint density at radius 2 is 1.86 bits per heavy atom. The molecular formula is C18H31N3. The lowest BCUT2D eigenvalue weighted by molar-refractivity contribution is 0.100. The Morgan fingerprint density at radius 3 is 2.43 bits per heavy atom. The Labute approximate surface area is 130 Å². The lowest BCUT2D eigenvalue weighted by Crippen LogP contribution is -2.51. The van der Waals surface area contributed by atoms with Gasteiger partial charge in [0, 0.05) is 38.3 Å². The van der Waals surface area contributed by atoms with E-state index in [1.807, 2.05) is 0 Å². The van der Waals surface area contributed by atoms with E-state index in [4.69, 9.17) is 5.73 Å². The summed E-state index contributed by atoms with van der Waals surface area (Å²) in [6.07, 6.45) is 1.14. The van der Waals surface area contributed by atoms with Gasteiger partial charge in [-0.05, 0) is 37.4 Å². The fraction of sp³-hybridized carbons (Fsp3) is 0.667. The molecule has 1 heterocycles. The van der Waals surface area contributed by atoms with Crippen LogP contribution in [0.4, 0.5) is 0 Å². The van der Waals surface area contributed by atoms with Crippen molar-refractivity contribution in [3.63, 3.8) is 0 Å². The third-order valence-corrected chi connectivity index (χ3v) is 4.55. The number of hydrogen-bond acceptors (Lipinski definition) is 3. The molecule has 0 bridgehead atoms. The first kappa shape index (κ1) is 16.5. The second kappa shape index (κ2) is 7.39. The quantitative estimate of drug-likeness (QED) is 0.904. The van der Waals surface area contributed by atoms with Crippen molar-refractivity contribution in [1.29, 1.82) is 0 Å². The number of likely N-dealkylation sites (N-methyl/N-ethyl adjacent to an activating group) is 1. The Balaban J connectivity index is 1.89. The zero-order chi connectivity index (χ0) is 15.4. The zero-order valence-electron chi connectivity index (χ0n) is 14.0. The van der Waals surface area contributed by atoms with Gasteiger partial charge in [-0.1, -0.05) is 38.1 Å². The van der Waals surface area contributed by atoms with Gasteiger partial charge in [0.1, 0.15) is 0 Å². The summed E-state index contributed by atoms with van der Waals surface area (Å²) in [6.45, 7) is 11.2. The van der Waals surface area contributed by atoms with Crippen LogP contribution in [0.2, 0.25) is 0 Å².